The Morgan fingerprint density at radius 1 is 1.41 bits per heavy atom. The number of nitrogens with zero attached hydrogens (tertiary/aromatic N) is 2. The topological polar surface area (TPSA) is 73.2 Å². The van der Waals surface area contributed by atoms with Crippen LogP contribution in [-0.2, 0) is 14.8 Å². The van der Waals surface area contributed by atoms with Crippen molar-refractivity contribution in [3.05, 3.63) is 42.5 Å². The molecule has 2 rings (SSSR count). The minimum absolute atomic E-state index is 0.0229. The third-order valence-corrected chi connectivity index (χ3v) is 4.63. The first-order valence-corrected chi connectivity index (χ1v) is 8.27. The van der Waals surface area contributed by atoms with Crippen LogP contribution in [0.3, 0.4) is 0 Å². The highest BCUT2D eigenvalue weighted by atomic mass is 32.2. The molecule has 0 saturated heterocycles. The summed E-state index contributed by atoms with van der Waals surface area (Å²) in [6, 6.07) is 5.68. The van der Waals surface area contributed by atoms with Gasteiger partial charge in [-0.1, -0.05) is 19.1 Å². The number of rotatable bonds is 7. The highest BCUT2D eigenvalue weighted by Crippen LogP contribution is 2.15. The van der Waals surface area contributed by atoms with Crippen LogP contribution in [0.25, 0.3) is 5.69 Å². The number of benzene rings is 1. The van der Waals surface area contributed by atoms with Gasteiger partial charge in [0.2, 0.25) is 10.0 Å². The van der Waals surface area contributed by atoms with Gasteiger partial charge in [0.25, 0.3) is 0 Å². The number of sulfonamides is 1. The van der Waals surface area contributed by atoms with Crippen molar-refractivity contribution in [2.45, 2.75) is 24.3 Å². The van der Waals surface area contributed by atoms with Gasteiger partial charge in [-0.15, -0.1) is 0 Å². The van der Waals surface area contributed by atoms with Crippen LogP contribution in [0.1, 0.15) is 13.3 Å². The molecule has 0 bridgehead atoms. The number of halogens is 1. The molecule has 1 heterocycles. The predicted molar refractivity (Wildman–Crippen MR) is 79.8 cm³/mol. The van der Waals surface area contributed by atoms with Crippen LogP contribution >= 0.6 is 0 Å². The molecule has 1 N–H and O–H groups in total. The summed E-state index contributed by atoms with van der Waals surface area (Å²) in [6.45, 7) is 2.13. The summed E-state index contributed by atoms with van der Waals surface area (Å²) in [5.74, 6) is -0.478. The molecule has 1 atom stereocenters. The van der Waals surface area contributed by atoms with Crippen molar-refractivity contribution >= 4 is 10.0 Å². The maximum absolute atomic E-state index is 13.7. The van der Waals surface area contributed by atoms with Gasteiger partial charge in [0.05, 0.1) is 19.0 Å². The number of nitrogens with one attached hydrogen (secondary N) is 1. The second-order valence-corrected chi connectivity index (χ2v) is 6.47. The summed E-state index contributed by atoms with van der Waals surface area (Å²) >= 11 is 0. The number of aromatic nitrogens is 2. The predicted octanol–water partition coefficient (Wildman–Crippen LogP) is 1.71. The summed E-state index contributed by atoms with van der Waals surface area (Å²) in [5.41, 5.74) is 0.188. The lowest BCUT2D eigenvalue weighted by Crippen LogP contribution is -2.37. The Hall–Kier alpha value is -1.77. The normalized spacial score (nSPS) is 13.2. The van der Waals surface area contributed by atoms with Gasteiger partial charge in [0.15, 0.2) is 0 Å². The summed E-state index contributed by atoms with van der Waals surface area (Å²) in [4.78, 5) is -0.0229. The van der Waals surface area contributed by atoms with Crippen molar-refractivity contribution in [3.8, 4) is 5.69 Å². The fourth-order valence-electron chi connectivity index (χ4n) is 1.94. The summed E-state index contributed by atoms with van der Waals surface area (Å²) < 4.78 is 47.0. The Morgan fingerprint density at radius 2 is 2.14 bits per heavy atom. The fraction of sp³-hybridized carbons (Fsp3) is 0.357. The molecule has 8 heteroatoms. The standard InChI is InChI=1S/C14H18FN3O3S/c1-3-11(10-21-2)17-22(19,20)12-8-16-18(9-12)14-7-5-4-6-13(14)15/h4-9,11,17H,3,10H2,1-2H3/t11-/m0/s1. The molecule has 22 heavy (non-hydrogen) atoms. The first-order valence-electron chi connectivity index (χ1n) is 6.78. The van der Waals surface area contributed by atoms with Gasteiger partial charge in [-0.2, -0.15) is 5.10 Å². The van der Waals surface area contributed by atoms with Crippen molar-refractivity contribution in [2.75, 3.05) is 13.7 Å². The molecule has 0 unspecified atom stereocenters. The molecular weight excluding hydrogens is 309 g/mol. The van der Waals surface area contributed by atoms with Crippen molar-refractivity contribution in [2.24, 2.45) is 0 Å². The van der Waals surface area contributed by atoms with Crippen LogP contribution in [-0.4, -0.2) is 38.0 Å². The van der Waals surface area contributed by atoms with Gasteiger partial charge >= 0.3 is 0 Å². The summed E-state index contributed by atoms with van der Waals surface area (Å²) in [7, 11) is -2.22. The van der Waals surface area contributed by atoms with Crippen LogP contribution in [0.4, 0.5) is 4.39 Å². The van der Waals surface area contributed by atoms with Crippen LogP contribution in [0.15, 0.2) is 41.6 Å². The number of para-hydroxylation sites is 1. The van der Waals surface area contributed by atoms with Crippen LogP contribution in [0.5, 0.6) is 0 Å². The lowest BCUT2D eigenvalue weighted by molar-refractivity contribution is 0.173. The fourth-order valence-corrected chi connectivity index (χ4v) is 3.17. The van der Waals surface area contributed by atoms with E-state index in [4.69, 9.17) is 4.74 Å². The van der Waals surface area contributed by atoms with E-state index in [1.165, 1.54) is 36.3 Å². The first-order chi connectivity index (χ1) is 10.5. The molecule has 0 spiro atoms. The Kier molecular flexibility index (Phi) is 5.28. The van der Waals surface area contributed by atoms with Gasteiger partial charge in [-0.05, 0) is 18.6 Å². The second-order valence-electron chi connectivity index (χ2n) is 4.75. The van der Waals surface area contributed by atoms with Crippen molar-refractivity contribution in [1.82, 2.24) is 14.5 Å². The number of methoxy groups -OCH3 is 1. The SMILES string of the molecule is CC[C@@H](COC)NS(=O)(=O)c1cnn(-c2ccccc2F)c1. The molecule has 2 aromatic rings. The molecular formula is C14H18FN3O3S. The summed E-state index contributed by atoms with van der Waals surface area (Å²) in [5, 5.41) is 3.92. The molecule has 1 aromatic heterocycles. The second kappa shape index (κ2) is 6.99. The molecule has 120 valence electrons. The molecule has 0 aliphatic rings. The van der Waals surface area contributed by atoms with E-state index in [0.29, 0.717) is 6.42 Å². The third-order valence-electron chi connectivity index (χ3n) is 3.15. The smallest absolute Gasteiger partial charge is 0.244 e. The zero-order chi connectivity index (χ0) is 16.2. The molecule has 0 aliphatic carbocycles. The van der Waals surface area contributed by atoms with Crippen molar-refractivity contribution in [3.63, 3.8) is 0 Å². The maximum atomic E-state index is 13.7. The zero-order valence-electron chi connectivity index (χ0n) is 12.4. The first kappa shape index (κ1) is 16.6. The molecule has 0 aliphatic heterocycles. The van der Waals surface area contributed by atoms with E-state index in [-0.39, 0.29) is 23.2 Å². The molecule has 1 aromatic carbocycles. The van der Waals surface area contributed by atoms with E-state index in [2.05, 4.69) is 9.82 Å². The molecule has 0 fully saturated rings. The van der Waals surface area contributed by atoms with Crippen molar-refractivity contribution in [1.29, 1.82) is 0 Å². The van der Waals surface area contributed by atoms with E-state index in [0.717, 1.165) is 0 Å². The minimum Gasteiger partial charge on any atom is -0.383 e. The number of ether oxygens (including phenoxy) is 1. The van der Waals surface area contributed by atoms with Gasteiger partial charge in [0.1, 0.15) is 16.4 Å². The molecule has 6 nitrogen and oxygen atoms in total. The summed E-state index contributed by atoms with van der Waals surface area (Å²) in [6.07, 6.45) is 3.06. The maximum Gasteiger partial charge on any atom is 0.244 e. The molecule has 0 amide bonds. The van der Waals surface area contributed by atoms with Crippen LogP contribution in [0.2, 0.25) is 0 Å². The van der Waals surface area contributed by atoms with Gasteiger partial charge in [-0.3, -0.25) is 0 Å². The Balaban J connectivity index is 2.25. The van der Waals surface area contributed by atoms with Crippen LogP contribution in [0, 0.1) is 5.82 Å². The van der Waals surface area contributed by atoms with Crippen molar-refractivity contribution < 1.29 is 17.5 Å². The third kappa shape index (κ3) is 3.70. The largest absolute Gasteiger partial charge is 0.383 e. The van der Waals surface area contributed by atoms with E-state index >= 15 is 0 Å². The monoisotopic (exact) mass is 327 g/mol. The minimum atomic E-state index is -3.73. The van der Waals surface area contributed by atoms with Gasteiger partial charge in [-0.25, -0.2) is 22.2 Å². The average molecular weight is 327 g/mol. The Bertz CT molecular complexity index is 730. The highest BCUT2D eigenvalue weighted by Gasteiger charge is 2.21. The van der Waals surface area contributed by atoms with Crippen LogP contribution < -0.4 is 4.72 Å². The quantitative estimate of drug-likeness (QED) is 0.840. The van der Waals surface area contributed by atoms with Gasteiger partial charge < -0.3 is 4.74 Å². The average Bonchev–Trinajstić information content (AvgIpc) is 2.97. The van der Waals surface area contributed by atoms with E-state index < -0.39 is 15.8 Å². The molecule has 0 radical (unpaired) electrons. The van der Waals surface area contributed by atoms with Gasteiger partial charge in [0, 0.05) is 13.2 Å². The molecule has 0 saturated carbocycles. The Labute approximate surface area is 129 Å². The lowest BCUT2D eigenvalue weighted by atomic mass is 10.3. The van der Waals surface area contributed by atoms with E-state index in [9.17, 15) is 12.8 Å². The highest BCUT2D eigenvalue weighted by molar-refractivity contribution is 7.89. The lowest BCUT2D eigenvalue weighted by Gasteiger charge is -2.15. The zero-order valence-corrected chi connectivity index (χ0v) is 13.2. The Morgan fingerprint density at radius 3 is 2.77 bits per heavy atom. The van der Waals surface area contributed by atoms with E-state index in [1.54, 1.807) is 12.1 Å². The van der Waals surface area contributed by atoms with E-state index in [1.807, 2.05) is 6.92 Å². The number of hydrogen-bond acceptors (Lipinski definition) is 4. The number of hydrogen-bond donors (Lipinski definition) is 1.